The molecule has 6 rings (SSSR count). The molecule has 1 aromatic heterocycles. The van der Waals surface area contributed by atoms with Crippen LogP contribution in [0, 0.1) is 5.82 Å². The van der Waals surface area contributed by atoms with Crippen molar-refractivity contribution in [3.05, 3.63) is 95.4 Å². The molecule has 0 unspecified atom stereocenters. The first-order valence-corrected chi connectivity index (χ1v) is 11.1. The van der Waals surface area contributed by atoms with Crippen molar-refractivity contribution in [3.8, 4) is 5.75 Å². The first-order chi connectivity index (χ1) is 16.4. The molecule has 34 heavy (non-hydrogen) atoms. The third-order valence-corrected chi connectivity index (χ3v) is 7.13. The van der Waals surface area contributed by atoms with Crippen LogP contribution in [0.5, 0.6) is 5.75 Å². The highest BCUT2D eigenvalue weighted by atomic mass is 19.1. The molecule has 3 heterocycles. The molecule has 1 N–H and O–H groups in total. The fourth-order valence-electron chi connectivity index (χ4n) is 5.44. The number of amides is 3. The molecule has 170 valence electrons. The van der Waals surface area contributed by atoms with Gasteiger partial charge in [-0.3, -0.25) is 4.79 Å². The molecule has 2 atom stereocenters. The quantitative estimate of drug-likeness (QED) is 0.435. The second-order valence-corrected chi connectivity index (χ2v) is 8.84. The van der Waals surface area contributed by atoms with Crippen LogP contribution in [0.4, 0.5) is 14.9 Å². The topological polar surface area (TPSA) is 65.6 Å². The fraction of sp³-hybridized carbons (Fsp3) is 0.185. The van der Waals surface area contributed by atoms with Gasteiger partial charge >= 0.3 is 6.03 Å². The average Bonchev–Trinajstić information content (AvgIpc) is 3.34. The lowest BCUT2D eigenvalue weighted by molar-refractivity contribution is -0.125. The van der Waals surface area contributed by atoms with Crippen molar-refractivity contribution in [1.29, 1.82) is 0 Å². The lowest BCUT2D eigenvalue weighted by Crippen LogP contribution is -2.50. The summed E-state index contributed by atoms with van der Waals surface area (Å²) in [7, 11) is 1.63. The number of aromatic amines is 1. The van der Waals surface area contributed by atoms with Crippen LogP contribution in [-0.4, -0.2) is 35.5 Å². The average molecular weight is 455 g/mol. The van der Waals surface area contributed by atoms with E-state index in [0.29, 0.717) is 17.9 Å². The number of aromatic nitrogens is 1. The van der Waals surface area contributed by atoms with Gasteiger partial charge in [0, 0.05) is 28.9 Å². The zero-order chi connectivity index (χ0) is 23.6. The van der Waals surface area contributed by atoms with E-state index >= 15 is 0 Å². The Bertz CT molecular complexity index is 1460. The number of fused-ring (bicyclic) bond motifs is 5. The number of urea groups is 1. The van der Waals surface area contributed by atoms with Crippen LogP contribution in [0.3, 0.4) is 0 Å². The second kappa shape index (κ2) is 7.18. The number of para-hydroxylation sites is 2. The Morgan fingerprint density at radius 1 is 1.00 bits per heavy atom. The predicted molar refractivity (Wildman–Crippen MR) is 126 cm³/mol. The molecule has 2 aliphatic rings. The summed E-state index contributed by atoms with van der Waals surface area (Å²) in [5.41, 5.74) is 2.64. The number of methoxy groups -OCH3 is 1. The van der Waals surface area contributed by atoms with Crippen molar-refractivity contribution in [2.24, 2.45) is 0 Å². The summed E-state index contributed by atoms with van der Waals surface area (Å²) in [6.07, 6.45) is 0. The number of H-pyrrole nitrogens is 1. The van der Waals surface area contributed by atoms with Gasteiger partial charge in [0.05, 0.1) is 18.5 Å². The Labute approximate surface area is 195 Å². The number of carbonyl (C=O) groups is 2. The molecule has 6 nitrogen and oxygen atoms in total. The molecule has 0 radical (unpaired) electrons. The van der Waals surface area contributed by atoms with Crippen molar-refractivity contribution in [1.82, 2.24) is 9.88 Å². The number of anilines is 1. The van der Waals surface area contributed by atoms with E-state index in [-0.39, 0.29) is 11.8 Å². The highest BCUT2D eigenvalue weighted by Crippen LogP contribution is 2.51. The summed E-state index contributed by atoms with van der Waals surface area (Å²) in [6, 6.07) is 20.7. The Hall–Kier alpha value is -4.13. The van der Waals surface area contributed by atoms with Crippen molar-refractivity contribution in [3.63, 3.8) is 0 Å². The van der Waals surface area contributed by atoms with E-state index in [4.69, 9.17) is 4.74 Å². The number of benzene rings is 3. The molecule has 0 saturated carbocycles. The zero-order valence-corrected chi connectivity index (χ0v) is 18.7. The van der Waals surface area contributed by atoms with Crippen LogP contribution in [0.1, 0.15) is 29.7 Å². The molecule has 0 aliphatic carbocycles. The Morgan fingerprint density at radius 3 is 2.47 bits per heavy atom. The number of halogens is 1. The summed E-state index contributed by atoms with van der Waals surface area (Å²) in [6.45, 7) is 2.08. The molecular formula is C27H22FN3O3. The number of nitrogens with one attached hydrogen (secondary N) is 1. The maximum atomic E-state index is 13.9. The van der Waals surface area contributed by atoms with E-state index in [2.05, 4.69) is 4.98 Å². The maximum absolute atomic E-state index is 13.9. The highest BCUT2D eigenvalue weighted by Gasteiger charge is 2.60. The molecule has 2 aliphatic heterocycles. The summed E-state index contributed by atoms with van der Waals surface area (Å²) in [4.78, 5) is 33.8. The molecule has 1 saturated heterocycles. The monoisotopic (exact) mass is 455 g/mol. The van der Waals surface area contributed by atoms with Crippen molar-refractivity contribution in [2.75, 3.05) is 18.6 Å². The number of carbonyl (C=O) groups excluding carboxylic acids is 2. The maximum Gasteiger partial charge on any atom is 0.332 e. The molecule has 0 spiro atoms. The molecule has 1 fully saturated rings. The molecule has 0 bridgehead atoms. The van der Waals surface area contributed by atoms with Gasteiger partial charge in [-0.25, -0.2) is 14.1 Å². The lowest BCUT2D eigenvalue weighted by atomic mass is 9.78. The number of rotatable bonds is 3. The van der Waals surface area contributed by atoms with Crippen LogP contribution >= 0.6 is 0 Å². The largest absolute Gasteiger partial charge is 0.496 e. The van der Waals surface area contributed by atoms with Crippen molar-refractivity contribution >= 4 is 28.5 Å². The van der Waals surface area contributed by atoms with Crippen LogP contribution in [-0.2, 0) is 10.3 Å². The van der Waals surface area contributed by atoms with E-state index in [1.54, 1.807) is 18.9 Å². The molecule has 3 amide bonds. The molecule has 7 heteroatoms. The van der Waals surface area contributed by atoms with E-state index < -0.39 is 17.4 Å². The van der Waals surface area contributed by atoms with Gasteiger partial charge < -0.3 is 14.6 Å². The number of nitrogens with zero attached hydrogens (tertiary/aromatic N) is 2. The van der Waals surface area contributed by atoms with Crippen LogP contribution in [0.25, 0.3) is 10.9 Å². The van der Waals surface area contributed by atoms with Gasteiger partial charge in [-0.2, -0.15) is 0 Å². The summed E-state index contributed by atoms with van der Waals surface area (Å²) >= 11 is 0. The standard InChI is InChI=1S/C27H22FN3O3/c1-27-24-23(19-8-3-5-9-21(19)29-24)20(18-7-4-6-10-22(18)34-2)15-30(27)26(33)31(25(27)32)17-13-11-16(28)12-14-17/h3-14,20,29H,15H2,1-2H3/t20-,27+/m1/s1. The van der Waals surface area contributed by atoms with Gasteiger partial charge in [0.25, 0.3) is 5.91 Å². The first-order valence-electron chi connectivity index (χ1n) is 11.1. The lowest BCUT2D eigenvalue weighted by Gasteiger charge is -2.40. The first kappa shape index (κ1) is 20.5. The third kappa shape index (κ3) is 2.61. The minimum Gasteiger partial charge on any atom is -0.496 e. The Morgan fingerprint density at radius 2 is 1.71 bits per heavy atom. The SMILES string of the molecule is COc1ccccc1[C@H]1CN2C(=O)N(c3ccc(F)cc3)C(=O)[C@]2(C)c2[nH]c3ccccc3c21. The zero-order valence-electron chi connectivity index (χ0n) is 18.7. The number of hydrogen-bond acceptors (Lipinski definition) is 3. The number of ether oxygens (including phenoxy) is 1. The Kier molecular flexibility index (Phi) is 4.33. The van der Waals surface area contributed by atoms with E-state index in [9.17, 15) is 14.0 Å². The van der Waals surface area contributed by atoms with Crippen LogP contribution < -0.4 is 9.64 Å². The summed E-state index contributed by atoms with van der Waals surface area (Å²) in [5.74, 6) is -0.280. The highest BCUT2D eigenvalue weighted by molar-refractivity contribution is 6.23. The van der Waals surface area contributed by atoms with Gasteiger partial charge in [-0.1, -0.05) is 36.4 Å². The molecule has 4 aromatic rings. The number of hydrogen-bond donors (Lipinski definition) is 1. The van der Waals surface area contributed by atoms with Crippen molar-refractivity contribution < 1.29 is 18.7 Å². The normalized spacial score (nSPS) is 21.7. The Balaban J connectivity index is 1.60. The third-order valence-electron chi connectivity index (χ3n) is 7.13. The van der Waals surface area contributed by atoms with Crippen LogP contribution in [0.2, 0.25) is 0 Å². The van der Waals surface area contributed by atoms with Crippen molar-refractivity contribution in [2.45, 2.75) is 18.4 Å². The van der Waals surface area contributed by atoms with Gasteiger partial charge in [0.1, 0.15) is 11.6 Å². The minimum absolute atomic E-state index is 0.208. The van der Waals surface area contributed by atoms with E-state index in [0.717, 1.165) is 32.7 Å². The molecule has 3 aromatic carbocycles. The van der Waals surface area contributed by atoms with E-state index in [1.165, 1.54) is 24.3 Å². The van der Waals surface area contributed by atoms with Gasteiger partial charge in [0.15, 0.2) is 5.54 Å². The van der Waals surface area contributed by atoms with Gasteiger partial charge in [0.2, 0.25) is 0 Å². The second-order valence-electron chi connectivity index (χ2n) is 8.84. The summed E-state index contributed by atoms with van der Waals surface area (Å²) in [5, 5.41) is 1.01. The fourth-order valence-corrected chi connectivity index (χ4v) is 5.44. The summed E-state index contributed by atoms with van der Waals surface area (Å²) < 4.78 is 19.2. The van der Waals surface area contributed by atoms with Gasteiger partial charge in [-0.05, 0) is 48.9 Å². The van der Waals surface area contributed by atoms with E-state index in [1.807, 2.05) is 48.5 Å². The van der Waals surface area contributed by atoms with Crippen LogP contribution in [0.15, 0.2) is 72.8 Å². The minimum atomic E-state index is -1.22. The number of imide groups is 1. The van der Waals surface area contributed by atoms with Gasteiger partial charge in [-0.15, -0.1) is 0 Å². The predicted octanol–water partition coefficient (Wildman–Crippen LogP) is 5.15. The smallest absolute Gasteiger partial charge is 0.332 e. The molecular weight excluding hydrogens is 433 g/mol.